The number of aliphatic hydroxyl groups excluding tert-OH is 3. The van der Waals surface area contributed by atoms with Crippen molar-refractivity contribution in [1.82, 2.24) is 41.7 Å². The molecule has 9 N–H and O–H groups in total. The third-order valence-electron chi connectivity index (χ3n) is 17.5. The number of ether oxygens (including phenoxy) is 6. The van der Waals surface area contributed by atoms with Crippen LogP contribution in [-0.4, -0.2) is 276 Å². The molecule has 1 rings (SSSR count). The van der Waals surface area contributed by atoms with Gasteiger partial charge in [-0.25, -0.2) is 26.4 Å². The number of urea groups is 2. The minimum absolute atomic E-state index is 0. The van der Waals surface area contributed by atoms with E-state index in [4.69, 9.17) is 28.4 Å². The topological polar surface area (TPSA) is 514 Å². The fraction of sp³-hybridized carbons (Fsp3) is 0.838. The average molecular weight is 1680 g/mol. The van der Waals surface area contributed by atoms with Crippen LogP contribution >= 0.6 is 0 Å². The van der Waals surface area contributed by atoms with E-state index in [9.17, 15) is 98.8 Å². The summed E-state index contributed by atoms with van der Waals surface area (Å²) < 4.78 is 96.3. The molecule has 0 spiro atoms. The number of imide groups is 2. The molecule has 1 unspecified atom stereocenters. The van der Waals surface area contributed by atoms with Gasteiger partial charge in [-0.3, -0.25) is 57.7 Å². The van der Waals surface area contributed by atoms with Gasteiger partial charge in [-0.15, -0.1) is 0 Å². The molecule has 113 heavy (non-hydrogen) atoms. The molecule has 644 valence electrons. The molecule has 35 nitrogen and oxygen atoms in total. The summed E-state index contributed by atoms with van der Waals surface area (Å²) in [6.07, 6.45) is -6.61. The van der Waals surface area contributed by atoms with Gasteiger partial charge in [0, 0.05) is 128 Å². The van der Waals surface area contributed by atoms with E-state index in [-0.39, 0.29) is 177 Å². The number of carbonyl (C=O) groups excluding carboxylic acids is 12. The van der Waals surface area contributed by atoms with Crippen molar-refractivity contribution in [3.63, 3.8) is 0 Å². The maximum absolute atomic E-state index is 13.8. The molecule has 9 atom stereocenters. The summed E-state index contributed by atoms with van der Waals surface area (Å²) >= 11 is 0. The Kier molecular flexibility index (Phi) is 56.4. The molecule has 1 saturated heterocycles. The van der Waals surface area contributed by atoms with E-state index in [0.29, 0.717) is 78.3 Å². The van der Waals surface area contributed by atoms with Crippen LogP contribution in [0.25, 0.3) is 0 Å². The molecule has 0 saturated carbocycles. The molecule has 39 heteroatoms. The van der Waals surface area contributed by atoms with Crippen molar-refractivity contribution >= 4 is 90.9 Å². The third-order valence-corrected chi connectivity index (χ3v) is 18.9. The van der Waals surface area contributed by atoms with E-state index >= 15 is 0 Å². The monoisotopic (exact) mass is 1670 g/mol. The van der Waals surface area contributed by atoms with Crippen LogP contribution < -0.4 is 91.0 Å². The number of Topliss-reactive ketones (excluding diaryl/α,β-unsaturated/α-hetero) is 4. The zero-order valence-electron chi connectivity index (χ0n) is 70.7. The van der Waals surface area contributed by atoms with Crippen molar-refractivity contribution in [2.75, 3.05) is 111 Å². The van der Waals surface area contributed by atoms with Crippen LogP contribution in [0.2, 0.25) is 0 Å². The molecular weight excluding hydrogens is 1540 g/mol. The van der Waals surface area contributed by atoms with Crippen molar-refractivity contribution in [2.45, 2.75) is 243 Å². The van der Waals surface area contributed by atoms with Crippen LogP contribution in [0.5, 0.6) is 0 Å². The van der Waals surface area contributed by atoms with Gasteiger partial charge >= 0.3 is 71.2 Å². The fourth-order valence-corrected chi connectivity index (χ4v) is 11.6. The van der Waals surface area contributed by atoms with Crippen LogP contribution in [-0.2, 0) is 96.6 Å². The molecule has 1 heterocycles. The number of methoxy groups -OCH3 is 2. The van der Waals surface area contributed by atoms with Crippen molar-refractivity contribution in [1.29, 1.82) is 0 Å². The molecule has 0 aromatic rings. The molecule has 1 aliphatic heterocycles. The van der Waals surface area contributed by atoms with E-state index in [1.807, 2.05) is 41.5 Å². The Labute approximate surface area is 713 Å². The number of nitrogens with zero attached hydrogens (tertiary/aromatic N) is 2. The maximum Gasteiger partial charge on any atom is 1.00 e. The maximum atomic E-state index is 13.8. The Morgan fingerprint density at radius 1 is 0.469 bits per heavy atom. The average Bonchev–Trinajstić information content (AvgIpc) is 0.824. The predicted molar refractivity (Wildman–Crippen MR) is 406 cm³/mol. The Balaban J connectivity index is -0.00000211. The zero-order valence-corrected chi connectivity index (χ0v) is 76.3. The molecule has 10 amide bonds. The van der Waals surface area contributed by atoms with Gasteiger partial charge < -0.3 is 84.7 Å². The van der Waals surface area contributed by atoms with Gasteiger partial charge in [0.15, 0.2) is 17.9 Å². The molecule has 1 fully saturated rings. The largest absolute Gasteiger partial charge is 1.00 e. The molecule has 1 aliphatic rings. The number of amides is 10. The number of aliphatic hydroxyl groups is 3. The Bertz CT molecular complexity index is 3180. The smallest absolute Gasteiger partial charge is 0.748 e. The first-order valence-corrected chi connectivity index (χ1v) is 41.1. The number of nitrogens with one attached hydrogen (secondary N) is 6. The van der Waals surface area contributed by atoms with Gasteiger partial charge in [0.1, 0.15) is 36.0 Å². The summed E-state index contributed by atoms with van der Waals surface area (Å²) in [5.74, 6) is -8.73. The van der Waals surface area contributed by atoms with Gasteiger partial charge in [0.05, 0.1) is 90.1 Å². The second-order valence-corrected chi connectivity index (χ2v) is 35.8. The summed E-state index contributed by atoms with van der Waals surface area (Å²) in [6, 6.07) is -3.83. The molecule has 0 radical (unpaired) electrons. The minimum atomic E-state index is -4.55. The first-order chi connectivity index (χ1) is 51.2. The summed E-state index contributed by atoms with van der Waals surface area (Å²) in [7, 11) is -6.23. The standard InChI is InChI=1S/C39H72N4O13S.C35H62N4O14S.2Na/c1-29(2)35(42-37(49)43(19-16-38(3,4)5)34(47)14-13-32(45)41-18-27-57(50,51)52)31(44)28-30(36(48)39(6,7)8)12-10-11-17-40-33(46)15-20-54-23-24-56-26-25-55-22-21-53-9;1-20(2)27(38-33(48)39(16-14-34(3,4)5)26(43)13-12-24(41)36-15-17-54(49,50)51)22(40)18-21(31(47)35(6,7)8)10-11-25(42)37-19-23-28(44)29(45)30(46)32(52-9)53-23;;/h29-30,35H,10-28H2,1-9H3,(H,40,46)(H,41,45)(H,42,49)(H,50,51,52);20-21,23,27-30,32,44-46H,10-19H2,1-9H3,(H,36,41)(H,37,42)(H,38,48)(H,49,50,51);;/q;;2*+1/p-2/t30-,35+;21-,23?,27+,28-,29+,30-,32-;;/m11../s1. The number of hydrogen-bond donors (Lipinski definition) is 9. The summed E-state index contributed by atoms with van der Waals surface area (Å²) in [6.45, 7) is 30.9. The molecule has 0 aliphatic carbocycles. The molecule has 0 aromatic carbocycles. The SMILES string of the molecule is COCCOCCOCCOCCC(=O)NCCCC[C@H](CC(=O)[C@@H](NC(=O)N(CCC(C)(C)C)C(=O)CCC(=O)NCCS(=O)(=O)[O-])C(C)C)C(=O)C(C)(C)C.CO[C@@H]1OC(CNC(=O)CC[C@H](CC(=O)[C@@H](NC(=O)N(CCC(C)(C)C)C(=O)CCC(=O)NCCS(=O)(=O)[O-])C(C)C)C(=O)C(C)(C)C)[C@@H](O)[C@H](O)[C@H]1O.[Na+].[Na+]. The minimum Gasteiger partial charge on any atom is -0.748 e. The quantitative estimate of drug-likeness (QED) is 0.0166. The number of carbonyl (C=O) groups is 12. The molecule has 0 aromatic heterocycles. The van der Waals surface area contributed by atoms with Crippen molar-refractivity contribution in [3.8, 4) is 0 Å². The van der Waals surface area contributed by atoms with Crippen molar-refractivity contribution in [2.24, 2.45) is 45.3 Å². The Morgan fingerprint density at radius 3 is 1.21 bits per heavy atom. The van der Waals surface area contributed by atoms with Crippen molar-refractivity contribution < 1.29 is 186 Å². The second-order valence-electron chi connectivity index (χ2n) is 32.8. The van der Waals surface area contributed by atoms with Crippen molar-refractivity contribution in [3.05, 3.63) is 0 Å². The van der Waals surface area contributed by atoms with E-state index in [1.165, 1.54) is 7.11 Å². The summed E-state index contributed by atoms with van der Waals surface area (Å²) in [5, 5.41) is 45.6. The first kappa shape index (κ1) is 113. The molecular formula is C74H132N8Na2O27S2. The number of ketones is 4. The van der Waals surface area contributed by atoms with Crippen LogP contribution in [0.1, 0.15) is 201 Å². The van der Waals surface area contributed by atoms with E-state index in [0.717, 1.165) is 9.80 Å². The normalized spacial score (nSPS) is 17.1. The van der Waals surface area contributed by atoms with Gasteiger partial charge in [0.2, 0.25) is 35.4 Å². The Hall–Kier alpha value is -4.10. The zero-order chi connectivity index (χ0) is 85.4. The van der Waals surface area contributed by atoms with E-state index < -0.39 is 170 Å². The van der Waals surface area contributed by atoms with E-state index in [1.54, 1.807) is 76.3 Å². The third kappa shape index (κ3) is 51.8. The number of unbranched alkanes of at least 4 members (excludes halogenated alkanes) is 1. The second kappa shape index (κ2) is 56.4. The predicted octanol–water partition coefficient (Wildman–Crippen LogP) is -3.03. The fourth-order valence-electron chi connectivity index (χ4n) is 10.9. The van der Waals surface area contributed by atoms with Gasteiger partial charge in [0.25, 0.3) is 0 Å². The van der Waals surface area contributed by atoms with Gasteiger partial charge in [-0.2, -0.15) is 0 Å². The van der Waals surface area contributed by atoms with Crippen LogP contribution in [0.3, 0.4) is 0 Å². The Morgan fingerprint density at radius 2 is 0.841 bits per heavy atom. The first-order valence-electron chi connectivity index (χ1n) is 37.9. The number of hydrogen-bond acceptors (Lipinski definition) is 27. The van der Waals surface area contributed by atoms with E-state index in [2.05, 4.69) is 31.9 Å². The van der Waals surface area contributed by atoms with Gasteiger partial charge in [-0.1, -0.05) is 117 Å². The summed E-state index contributed by atoms with van der Waals surface area (Å²) in [5.41, 5.74) is -2.19. The van der Waals surface area contributed by atoms with Crippen LogP contribution in [0.15, 0.2) is 0 Å². The summed E-state index contributed by atoms with van der Waals surface area (Å²) in [4.78, 5) is 160. The van der Waals surface area contributed by atoms with Crippen LogP contribution in [0, 0.1) is 45.3 Å². The number of rotatable bonds is 51. The molecule has 0 bridgehead atoms. The van der Waals surface area contributed by atoms with Gasteiger partial charge in [-0.05, 0) is 54.8 Å². The van der Waals surface area contributed by atoms with Crippen LogP contribution in [0.4, 0.5) is 9.59 Å².